The predicted molar refractivity (Wildman–Crippen MR) is 72.3 cm³/mol. The van der Waals surface area contributed by atoms with Gasteiger partial charge >= 0.3 is 5.97 Å². The van der Waals surface area contributed by atoms with Crippen molar-refractivity contribution in [3.8, 4) is 5.75 Å². The van der Waals surface area contributed by atoms with Crippen LogP contribution < -0.4 is 10.6 Å². The minimum atomic E-state index is -0.386. The van der Waals surface area contributed by atoms with E-state index in [9.17, 15) is 9.90 Å². The molecule has 0 amide bonds. The molecule has 0 fully saturated rings. The molecule has 3 rings (SSSR count). The Bertz CT molecular complexity index is 597. The Morgan fingerprint density at radius 2 is 2.26 bits per heavy atom. The summed E-state index contributed by atoms with van der Waals surface area (Å²) in [6, 6.07) is 6.36. The number of phenolic OH excluding ortho intramolecular Hbond substituents is 1. The summed E-state index contributed by atoms with van der Waals surface area (Å²) in [5.41, 5.74) is 2.11. The lowest BCUT2D eigenvalue weighted by Gasteiger charge is -2.33. The van der Waals surface area contributed by atoms with Crippen LogP contribution in [-0.2, 0) is 9.53 Å². The molecule has 3 N–H and O–H groups in total. The molecular formula is C13H12N2O3S. The maximum atomic E-state index is 11.9. The van der Waals surface area contributed by atoms with Crippen LogP contribution in [0.2, 0.25) is 0 Å². The van der Waals surface area contributed by atoms with Gasteiger partial charge in [-0.05, 0) is 29.9 Å². The molecule has 2 aliphatic heterocycles. The second kappa shape index (κ2) is 4.55. The average molecular weight is 276 g/mol. The number of hydrogen-bond donors (Lipinski definition) is 3. The molecule has 5 nitrogen and oxygen atoms in total. The zero-order chi connectivity index (χ0) is 13.4. The first-order valence-electron chi connectivity index (χ1n) is 5.92. The molecule has 0 saturated heterocycles. The number of carbonyl (C=O) groups excluding carboxylic acids is 1. The largest absolute Gasteiger partial charge is 0.508 e. The molecule has 19 heavy (non-hydrogen) atoms. The lowest BCUT2D eigenvalue weighted by molar-refractivity contribution is -0.140. The van der Waals surface area contributed by atoms with Gasteiger partial charge < -0.3 is 20.5 Å². The molecule has 1 atom stereocenters. The van der Waals surface area contributed by atoms with Gasteiger partial charge in [-0.15, -0.1) is 0 Å². The van der Waals surface area contributed by atoms with Gasteiger partial charge in [0.15, 0.2) is 5.11 Å². The normalized spacial score (nSPS) is 22.2. The summed E-state index contributed by atoms with van der Waals surface area (Å²) in [6.45, 7) is 0.361. The quantitative estimate of drug-likeness (QED) is 0.527. The van der Waals surface area contributed by atoms with E-state index in [1.165, 1.54) is 0 Å². The highest BCUT2D eigenvalue weighted by molar-refractivity contribution is 7.80. The fraction of sp³-hybridized carbons (Fsp3) is 0.231. The number of ether oxygens (including phenoxy) is 1. The number of thiocarbonyl (C=S) groups is 1. The SMILES string of the molecule is O=C1OCCC2=C1C(c1cccc(O)c1)NC(=S)N2. The molecule has 0 aromatic heterocycles. The molecule has 1 unspecified atom stereocenters. The lowest BCUT2D eigenvalue weighted by Crippen LogP contribution is -2.47. The van der Waals surface area contributed by atoms with Crippen LogP contribution in [0.15, 0.2) is 35.5 Å². The summed E-state index contributed by atoms with van der Waals surface area (Å²) < 4.78 is 5.08. The van der Waals surface area contributed by atoms with Crippen LogP contribution in [0, 0.1) is 0 Å². The van der Waals surface area contributed by atoms with Gasteiger partial charge in [0.1, 0.15) is 5.75 Å². The van der Waals surface area contributed by atoms with Crippen LogP contribution in [0.4, 0.5) is 0 Å². The number of phenols is 1. The summed E-state index contributed by atoms with van der Waals surface area (Å²) in [6.07, 6.45) is 0.623. The molecule has 98 valence electrons. The molecule has 0 radical (unpaired) electrons. The smallest absolute Gasteiger partial charge is 0.338 e. The number of aromatic hydroxyl groups is 1. The van der Waals surface area contributed by atoms with E-state index >= 15 is 0 Å². The molecule has 1 aromatic rings. The lowest BCUT2D eigenvalue weighted by atomic mass is 9.93. The van der Waals surface area contributed by atoms with Gasteiger partial charge in [0.2, 0.25) is 0 Å². The summed E-state index contributed by atoms with van der Waals surface area (Å²) in [5, 5.41) is 16.1. The van der Waals surface area contributed by atoms with Crippen molar-refractivity contribution in [1.29, 1.82) is 0 Å². The molecular weight excluding hydrogens is 264 g/mol. The van der Waals surface area contributed by atoms with Gasteiger partial charge in [-0.25, -0.2) is 4.79 Å². The topological polar surface area (TPSA) is 70.6 Å². The second-order valence-corrected chi connectivity index (χ2v) is 4.81. The Morgan fingerprint density at radius 1 is 1.42 bits per heavy atom. The van der Waals surface area contributed by atoms with Crippen molar-refractivity contribution < 1.29 is 14.6 Å². The zero-order valence-electron chi connectivity index (χ0n) is 9.97. The van der Waals surface area contributed by atoms with Gasteiger partial charge in [-0.3, -0.25) is 0 Å². The van der Waals surface area contributed by atoms with Crippen LogP contribution in [-0.4, -0.2) is 22.8 Å². The van der Waals surface area contributed by atoms with Gasteiger partial charge in [-0.1, -0.05) is 12.1 Å². The second-order valence-electron chi connectivity index (χ2n) is 4.40. The standard InChI is InChI=1S/C13H12N2O3S/c16-8-3-1-2-7(6-8)11-10-9(14-13(19)15-11)4-5-18-12(10)17/h1-3,6,11,16H,4-5H2,(H2,14,15,19). The Hall–Kier alpha value is -2.08. The Kier molecular flexibility index (Phi) is 2.87. The maximum absolute atomic E-state index is 11.9. The highest BCUT2D eigenvalue weighted by atomic mass is 32.1. The fourth-order valence-electron chi connectivity index (χ4n) is 2.33. The third-order valence-corrected chi connectivity index (χ3v) is 3.38. The summed E-state index contributed by atoms with van der Waals surface area (Å²) in [5.74, 6) is -0.202. The van der Waals surface area contributed by atoms with Crippen LogP contribution in [0.25, 0.3) is 0 Å². The van der Waals surface area contributed by atoms with Crippen molar-refractivity contribution in [3.05, 3.63) is 41.1 Å². The predicted octanol–water partition coefficient (Wildman–Crippen LogP) is 1.11. The number of benzene rings is 1. The minimum Gasteiger partial charge on any atom is -0.508 e. The molecule has 2 heterocycles. The van der Waals surface area contributed by atoms with E-state index in [0.717, 1.165) is 11.3 Å². The molecule has 0 aliphatic carbocycles. The Labute approximate surface area is 115 Å². The molecule has 0 bridgehead atoms. The van der Waals surface area contributed by atoms with E-state index in [1.807, 2.05) is 6.07 Å². The fourth-order valence-corrected chi connectivity index (χ4v) is 2.58. The average Bonchev–Trinajstić information content (AvgIpc) is 2.37. The Morgan fingerprint density at radius 3 is 3.05 bits per heavy atom. The first-order valence-corrected chi connectivity index (χ1v) is 6.32. The summed E-state index contributed by atoms with van der Waals surface area (Å²) in [7, 11) is 0. The first-order chi connectivity index (χ1) is 9.15. The van der Waals surface area contributed by atoms with Crippen molar-refractivity contribution >= 4 is 23.3 Å². The summed E-state index contributed by atoms with van der Waals surface area (Å²) in [4.78, 5) is 11.9. The van der Waals surface area contributed by atoms with Crippen LogP contribution >= 0.6 is 12.2 Å². The molecule has 1 aromatic carbocycles. The number of rotatable bonds is 1. The minimum absolute atomic E-state index is 0.148. The van der Waals surface area contributed by atoms with Gasteiger partial charge in [0.05, 0.1) is 18.2 Å². The van der Waals surface area contributed by atoms with Crippen LogP contribution in [0.1, 0.15) is 18.0 Å². The van der Waals surface area contributed by atoms with Gasteiger partial charge in [0, 0.05) is 12.1 Å². The highest BCUT2D eigenvalue weighted by Crippen LogP contribution is 2.32. The van der Waals surface area contributed by atoms with E-state index < -0.39 is 0 Å². The molecule has 0 saturated carbocycles. The maximum Gasteiger partial charge on any atom is 0.338 e. The number of nitrogens with one attached hydrogen (secondary N) is 2. The monoisotopic (exact) mass is 276 g/mol. The van der Waals surface area contributed by atoms with E-state index in [0.29, 0.717) is 23.7 Å². The number of cyclic esters (lactones) is 1. The van der Waals surface area contributed by atoms with E-state index in [2.05, 4.69) is 10.6 Å². The molecule has 0 spiro atoms. The number of carbonyl (C=O) groups is 1. The third kappa shape index (κ3) is 2.15. The van der Waals surface area contributed by atoms with Crippen molar-refractivity contribution in [2.24, 2.45) is 0 Å². The molecule has 6 heteroatoms. The van der Waals surface area contributed by atoms with Crippen LogP contribution in [0.5, 0.6) is 5.75 Å². The van der Waals surface area contributed by atoms with E-state index in [-0.39, 0.29) is 17.8 Å². The van der Waals surface area contributed by atoms with Crippen LogP contribution in [0.3, 0.4) is 0 Å². The molecule has 2 aliphatic rings. The number of hydrogen-bond acceptors (Lipinski definition) is 4. The van der Waals surface area contributed by atoms with Crippen molar-refractivity contribution in [1.82, 2.24) is 10.6 Å². The van der Waals surface area contributed by atoms with Gasteiger partial charge in [0.25, 0.3) is 0 Å². The van der Waals surface area contributed by atoms with E-state index in [1.54, 1.807) is 18.2 Å². The van der Waals surface area contributed by atoms with Crippen molar-refractivity contribution in [2.45, 2.75) is 12.5 Å². The highest BCUT2D eigenvalue weighted by Gasteiger charge is 2.34. The van der Waals surface area contributed by atoms with Crippen molar-refractivity contribution in [2.75, 3.05) is 6.61 Å². The van der Waals surface area contributed by atoms with Crippen molar-refractivity contribution in [3.63, 3.8) is 0 Å². The zero-order valence-corrected chi connectivity index (χ0v) is 10.8. The van der Waals surface area contributed by atoms with E-state index in [4.69, 9.17) is 17.0 Å². The van der Waals surface area contributed by atoms with Gasteiger partial charge in [-0.2, -0.15) is 0 Å². The Balaban J connectivity index is 2.08. The third-order valence-electron chi connectivity index (χ3n) is 3.16. The summed E-state index contributed by atoms with van der Waals surface area (Å²) >= 11 is 5.15. The first kappa shape index (κ1) is 12.0. The number of esters is 1.